The van der Waals surface area contributed by atoms with Gasteiger partial charge in [-0.3, -0.25) is 0 Å². The van der Waals surface area contributed by atoms with E-state index in [0.717, 1.165) is 6.07 Å². The minimum absolute atomic E-state index is 0.0755. The van der Waals surface area contributed by atoms with Gasteiger partial charge in [0.25, 0.3) is 0 Å². The van der Waals surface area contributed by atoms with Gasteiger partial charge in [0.1, 0.15) is 0 Å². The third-order valence-electron chi connectivity index (χ3n) is 1.61. The highest BCUT2D eigenvalue weighted by Crippen LogP contribution is 2.33. The van der Waals surface area contributed by atoms with Crippen LogP contribution in [0.3, 0.4) is 0 Å². The SMILES string of the molecule is COc1cc(Cl)ccc1OC(F)(F)C(=O)O. The van der Waals surface area contributed by atoms with Gasteiger partial charge in [0.15, 0.2) is 11.5 Å². The number of ether oxygens (including phenoxy) is 2. The van der Waals surface area contributed by atoms with E-state index in [2.05, 4.69) is 4.74 Å². The highest BCUT2D eigenvalue weighted by atomic mass is 35.5. The summed E-state index contributed by atoms with van der Waals surface area (Å²) in [4.78, 5) is 10.2. The van der Waals surface area contributed by atoms with E-state index in [9.17, 15) is 13.6 Å². The molecule has 0 saturated heterocycles. The third-order valence-corrected chi connectivity index (χ3v) is 1.85. The Labute approximate surface area is 94.3 Å². The number of carboxylic acids is 1. The number of alkyl halides is 2. The van der Waals surface area contributed by atoms with Crippen LogP contribution in [0.5, 0.6) is 11.5 Å². The maximum Gasteiger partial charge on any atom is 0.502 e. The first kappa shape index (κ1) is 12.5. The standard InChI is InChI=1S/C9H7ClF2O4/c1-15-7-4-5(10)2-3-6(7)16-9(11,12)8(13)14/h2-4H,1H3,(H,13,14). The molecule has 0 fully saturated rings. The molecule has 0 heterocycles. The maximum atomic E-state index is 12.7. The van der Waals surface area contributed by atoms with Crippen molar-refractivity contribution in [2.75, 3.05) is 7.11 Å². The summed E-state index contributed by atoms with van der Waals surface area (Å²) in [5, 5.41) is 8.43. The quantitative estimate of drug-likeness (QED) is 0.894. The van der Waals surface area contributed by atoms with Gasteiger partial charge in [-0.05, 0) is 12.1 Å². The Bertz CT molecular complexity index is 408. The fraction of sp³-hybridized carbons (Fsp3) is 0.222. The molecule has 1 rings (SSSR count). The Morgan fingerprint density at radius 1 is 1.44 bits per heavy atom. The normalized spacial score (nSPS) is 11.0. The van der Waals surface area contributed by atoms with E-state index in [1.54, 1.807) is 0 Å². The van der Waals surface area contributed by atoms with Gasteiger partial charge in [-0.15, -0.1) is 0 Å². The monoisotopic (exact) mass is 252 g/mol. The molecule has 0 unspecified atom stereocenters. The first-order valence-electron chi connectivity index (χ1n) is 4.00. The Kier molecular flexibility index (Phi) is 3.54. The van der Waals surface area contributed by atoms with Gasteiger partial charge in [0, 0.05) is 11.1 Å². The highest BCUT2D eigenvalue weighted by molar-refractivity contribution is 6.30. The summed E-state index contributed by atoms with van der Waals surface area (Å²) in [5.41, 5.74) is 0. The van der Waals surface area contributed by atoms with Crippen molar-refractivity contribution in [2.45, 2.75) is 6.11 Å². The molecule has 1 aromatic rings. The number of carbonyl (C=O) groups is 1. The van der Waals surface area contributed by atoms with E-state index in [1.165, 1.54) is 19.2 Å². The Balaban J connectivity index is 3.01. The van der Waals surface area contributed by atoms with E-state index in [1.807, 2.05) is 0 Å². The third kappa shape index (κ3) is 2.73. The fourth-order valence-electron chi connectivity index (χ4n) is 0.907. The van der Waals surface area contributed by atoms with Crippen LogP contribution in [0.2, 0.25) is 5.02 Å². The first-order chi connectivity index (χ1) is 7.36. The first-order valence-corrected chi connectivity index (χ1v) is 4.38. The van der Waals surface area contributed by atoms with Gasteiger partial charge < -0.3 is 14.6 Å². The van der Waals surface area contributed by atoms with E-state index < -0.39 is 17.8 Å². The Morgan fingerprint density at radius 2 is 2.06 bits per heavy atom. The molecular weight excluding hydrogens is 246 g/mol. The van der Waals surface area contributed by atoms with Gasteiger partial charge in [0.05, 0.1) is 7.11 Å². The summed E-state index contributed by atoms with van der Waals surface area (Å²) in [6.45, 7) is 0. The molecular formula is C9H7ClF2O4. The zero-order valence-electron chi connectivity index (χ0n) is 8.04. The Hall–Kier alpha value is -1.56. The summed E-state index contributed by atoms with van der Waals surface area (Å²) in [7, 11) is 1.22. The van der Waals surface area contributed by atoms with Crippen molar-refractivity contribution in [3.63, 3.8) is 0 Å². The highest BCUT2D eigenvalue weighted by Gasteiger charge is 2.43. The van der Waals surface area contributed by atoms with E-state index in [0.29, 0.717) is 0 Å². The topological polar surface area (TPSA) is 55.8 Å². The van der Waals surface area contributed by atoms with Gasteiger partial charge in [-0.1, -0.05) is 11.6 Å². The van der Waals surface area contributed by atoms with Crippen molar-refractivity contribution in [2.24, 2.45) is 0 Å². The maximum absolute atomic E-state index is 12.7. The average molecular weight is 253 g/mol. The zero-order chi connectivity index (χ0) is 12.3. The van der Waals surface area contributed by atoms with Gasteiger partial charge >= 0.3 is 12.1 Å². The number of benzene rings is 1. The number of carboxylic acid groups (broad SMARTS) is 1. The molecule has 0 saturated carbocycles. The predicted molar refractivity (Wildman–Crippen MR) is 51.2 cm³/mol. The van der Waals surface area contributed by atoms with Crippen molar-refractivity contribution < 1.29 is 28.2 Å². The summed E-state index contributed by atoms with van der Waals surface area (Å²) in [6, 6.07) is 3.60. The minimum atomic E-state index is -4.32. The van der Waals surface area contributed by atoms with Gasteiger partial charge in [0.2, 0.25) is 0 Å². The van der Waals surface area contributed by atoms with E-state index >= 15 is 0 Å². The van der Waals surface area contributed by atoms with Gasteiger partial charge in [-0.25, -0.2) is 4.79 Å². The lowest BCUT2D eigenvalue weighted by atomic mass is 10.3. The minimum Gasteiger partial charge on any atom is -0.493 e. The lowest BCUT2D eigenvalue weighted by molar-refractivity contribution is -0.211. The average Bonchev–Trinajstić information content (AvgIpc) is 2.20. The van der Waals surface area contributed by atoms with E-state index in [4.69, 9.17) is 21.4 Å². The molecule has 88 valence electrons. The van der Waals surface area contributed by atoms with Crippen LogP contribution in [0.15, 0.2) is 18.2 Å². The summed E-state index contributed by atoms with van der Waals surface area (Å²) >= 11 is 5.59. The molecule has 0 aliphatic rings. The predicted octanol–water partition coefficient (Wildman–Crippen LogP) is 2.40. The van der Waals surface area contributed by atoms with Crippen molar-refractivity contribution >= 4 is 17.6 Å². The molecule has 16 heavy (non-hydrogen) atoms. The molecule has 4 nitrogen and oxygen atoms in total. The molecule has 0 spiro atoms. The second-order valence-corrected chi connectivity index (χ2v) is 3.16. The second kappa shape index (κ2) is 4.52. The number of methoxy groups -OCH3 is 1. The smallest absolute Gasteiger partial charge is 0.493 e. The lowest BCUT2D eigenvalue weighted by Crippen LogP contribution is -2.34. The van der Waals surface area contributed by atoms with Crippen LogP contribution < -0.4 is 9.47 Å². The number of aliphatic carboxylic acids is 1. The van der Waals surface area contributed by atoms with Crippen LogP contribution >= 0.6 is 11.6 Å². The number of rotatable bonds is 4. The van der Waals surface area contributed by atoms with Crippen molar-refractivity contribution in [3.05, 3.63) is 23.2 Å². The van der Waals surface area contributed by atoms with Gasteiger partial charge in [-0.2, -0.15) is 8.78 Å². The molecule has 1 N–H and O–H groups in total. The Morgan fingerprint density at radius 3 is 2.56 bits per heavy atom. The molecule has 0 aromatic heterocycles. The zero-order valence-corrected chi connectivity index (χ0v) is 8.79. The number of halogens is 3. The van der Waals surface area contributed by atoms with Crippen molar-refractivity contribution in [1.29, 1.82) is 0 Å². The fourth-order valence-corrected chi connectivity index (χ4v) is 1.07. The number of hydrogen-bond acceptors (Lipinski definition) is 3. The van der Waals surface area contributed by atoms with Crippen LogP contribution in [-0.2, 0) is 4.79 Å². The van der Waals surface area contributed by atoms with Crippen LogP contribution in [0.1, 0.15) is 0 Å². The molecule has 0 aliphatic heterocycles. The summed E-state index contributed by atoms with van der Waals surface area (Å²) in [5.74, 6) is -2.86. The molecule has 0 bridgehead atoms. The molecule has 7 heteroatoms. The molecule has 0 atom stereocenters. The summed E-state index contributed by atoms with van der Waals surface area (Å²) < 4.78 is 34.2. The van der Waals surface area contributed by atoms with Crippen LogP contribution in [0, 0.1) is 0 Å². The summed E-state index contributed by atoms with van der Waals surface area (Å²) in [6.07, 6.45) is -4.32. The second-order valence-electron chi connectivity index (χ2n) is 2.72. The molecule has 1 aromatic carbocycles. The van der Waals surface area contributed by atoms with Crippen LogP contribution in [0.4, 0.5) is 8.78 Å². The molecule has 0 amide bonds. The van der Waals surface area contributed by atoms with Crippen LogP contribution in [-0.4, -0.2) is 24.3 Å². The largest absolute Gasteiger partial charge is 0.502 e. The molecule has 0 radical (unpaired) electrons. The number of hydrogen-bond donors (Lipinski definition) is 1. The van der Waals surface area contributed by atoms with Crippen LogP contribution in [0.25, 0.3) is 0 Å². The lowest BCUT2D eigenvalue weighted by Gasteiger charge is -2.15. The van der Waals surface area contributed by atoms with Crippen molar-refractivity contribution in [3.8, 4) is 11.5 Å². The van der Waals surface area contributed by atoms with E-state index in [-0.39, 0.29) is 10.8 Å². The van der Waals surface area contributed by atoms with Crippen molar-refractivity contribution in [1.82, 2.24) is 0 Å². The molecule has 0 aliphatic carbocycles.